The number of fused-ring (bicyclic) bond motifs is 7. The summed E-state index contributed by atoms with van der Waals surface area (Å²) in [7, 11) is 1.94. The standard InChI is InChI=1S/C44H41N3/c1-29-16-10-12-22-34(29)40-30(2)35-23-14-15-25-37(35)43-42-36-24-13-11-17-31(36)26-27-38(42)47(44(40)43)39(28-46-45-3)41(32-18-6-4-7-19-32)33-20-8-5-9-21-33/h4-9,11-15,17-25,28,41,45-46H,10,16,26-27H2,1-3H3/b39-28+. The van der Waals surface area contributed by atoms with Crippen molar-refractivity contribution >= 4 is 32.9 Å². The van der Waals surface area contributed by atoms with Crippen LogP contribution in [0.15, 0.2) is 133 Å². The molecule has 1 aromatic heterocycles. The van der Waals surface area contributed by atoms with Gasteiger partial charge in [0.1, 0.15) is 0 Å². The molecule has 2 aliphatic carbocycles. The maximum Gasteiger partial charge on any atom is 0.0623 e. The predicted molar refractivity (Wildman–Crippen MR) is 199 cm³/mol. The number of aryl methyl sites for hydroxylation is 2. The molecule has 0 saturated carbocycles. The number of nitrogens with one attached hydrogen (secondary N) is 2. The summed E-state index contributed by atoms with van der Waals surface area (Å²) in [5.74, 6) is -0.00767. The lowest BCUT2D eigenvalue weighted by molar-refractivity contribution is 0.721. The van der Waals surface area contributed by atoms with Gasteiger partial charge in [-0.3, -0.25) is 0 Å². The van der Waals surface area contributed by atoms with Gasteiger partial charge in [-0.15, -0.1) is 0 Å². The van der Waals surface area contributed by atoms with Crippen LogP contribution in [-0.2, 0) is 12.8 Å². The van der Waals surface area contributed by atoms with Crippen molar-refractivity contribution < 1.29 is 0 Å². The fourth-order valence-electron chi connectivity index (χ4n) is 8.16. The molecule has 5 aromatic carbocycles. The van der Waals surface area contributed by atoms with Gasteiger partial charge in [0.15, 0.2) is 0 Å². The van der Waals surface area contributed by atoms with Crippen molar-refractivity contribution in [3.8, 4) is 11.1 Å². The molecule has 8 rings (SSSR count). The Labute approximate surface area is 277 Å². The molecule has 0 saturated heterocycles. The van der Waals surface area contributed by atoms with Gasteiger partial charge in [0.05, 0.1) is 17.1 Å². The highest BCUT2D eigenvalue weighted by atomic mass is 15.3. The van der Waals surface area contributed by atoms with E-state index >= 15 is 0 Å². The van der Waals surface area contributed by atoms with E-state index < -0.39 is 0 Å². The third-order valence-electron chi connectivity index (χ3n) is 10.3. The molecule has 6 aromatic rings. The number of hydrazine groups is 1. The molecule has 0 aliphatic heterocycles. The molecular weight excluding hydrogens is 571 g/mol. The van der Waals surface area contributed by atoms with Crippen molar-refractivity contribution in [2.45, 2.75) is 45.4 Å². The number of aromatic nitrogens is 1. The molecule has 0 spiro atoms. The maximum absolute atomic E-state index is 3.45. The number of hydrogen-bond acceptors (Lipinski definition) is 2. The normalized spacial score (nSPS) is 14.6. The first kappa shape index (κ1) is 29.3. The van der Waals surface area contributed by atoms with Crippen LogP contribution in [0.2, 0.25) is 0 Å². The summed E-state index contributed by atoms with van der Waals surface area (Å²) in [5, 5.41) is 4.02. The molecule has 0 atom stereocenters. The second kappa shape index (κ2) is 12.2. The molecule has 2 aliphatic rings. The summed E-state index contributed by atoms with van der Waals surface area (Å²) in [6, 6.07) is 40.1. The Kier molecular flexibility index (Phi) is 7.63. The van der Waals surface area contributed by atoms with Crippen LogP contribution in [0.5, 0.6) is 0 Å². The quantitative estimate of drug-likeness (QED) is 0.176. The molecule has 1 heterocycles. The van der Waals surface area contributed by atoms with Gasteiger partial charge in [-0.25, -0.2) is 5.43 Å². The molecule has 0 unspecified atom stereocenters. The highest BCUT2D eigenvalue weighted by Crippen LogP contribution is 2.51. The van der Waals surface area contributed by atoms with E-state index in [0.29, 0.717) is 0 Å². The Morgan fingerprint density at radius 3 is 2.09 bits per heavy atom. The van der Waals surface area contributed by atoms with Gasteiger partial charge in [0, 0.05) is 35.5 Å². The van der Waals surface area contributed by atoms with Gasteiger partial charge < -0.3 is 9.99 Å². The minimum Gasteiger partial charge on any atom is -0.327 e. The van der Waals surface area contributed by atoms with Crippen LogP contribution in [0.3, 0.4) is 0 Å². The zero-order chi connectivity index (χ0) is 31.9. The van der Waals surface area contributed by atoms with Crippen molar-refractivity contribution in [3.63, 3.8) is 0 Å². The SMILES string of the molecule is CNN/C=C(\C(c1ccccc1)c1ccccc1)n1c2c(c3c4ccccc4c(C)c(C4=C(C)CCC=C4)c31)-c1ccccc1CC2. The van der Waals surface area contributed by atoms with Crippen LogP contribution in [0.4, 0.5) is 0 Å². The fraction of sp³-hybridized carbons (Fsp3) is 0.182. The summed E-state index contributed by atoms with van der Waals surface area (Å²) < 4.78 is 2.66. The minimum absolute atomic E-state index is 0.00767. The molecular formula is C44H41N3. The van der Waals surface area contributed by atoms with E-state index in [0.717, 1.165) is 25.7 Å². The van der Waals surface area contributed by atoms with Crippen molar-refractivity contribution in [1.82, 2.24) is 15.4 Å². The van der Waals surface area contributed by atoms with Crippen molar-refractivity contribution in [3.05, 3.63) is 167 Å². The Hall–Kier alpha value is -5.12. The summed E-state index contributed by atoms with van der Waals surface area (Å²) in [6.07, 6.45) is 11.1. The second-order valence-electron chi connectivity index (χ2n) is 12.9. The molecule has 47 heavy (non-hydrogen) atoms. The molecule has 0 fully saturated rings. The van der Waals surface area contributed by atoms with E-state index in [4.69, 9.17) is 0 Å². The monoisotopic (exact) mass is 611 g/mol. The topological polar surface area (TPSA) is 29.0 Å². The molecule has 232 valence electrons. The van der Waals surface area contributed by atoms with Crippen molar-refractivity contribution in [2.24, 2.45) is 0 Å². The van der Waals surface area contributed by atoms with Gasteiger partial charge in [-0.1, -0.05) is 127 Å². The first-order valence-corrected chi connectivity index (χ1v) is 16.9. The molecule has 3 heteroatoms. The first-order valence-electron chi connectivity index (χ1n) is 16.9. The van der Waals surface area contributed by atoms with E-state index in [9.17, 15) is 0 Å². The number of nitrogens with zero attached hydrogens (tertiary/aromatic N) is 1. The molecule has 3 nitrogen and oxygen atoms in total. The molecule has 2 N–H and O–H groups in total. The fourth-order valence-corrected chi connectivity index (χ4v) is 8.16. The molecule has 0 amide bonds. The average Bonchev–Trinajstić information content (AvgIpc) is 3.47. The Morgan fingerprint density at radius 2 is 1.38 bits per heavy atom. The summed E-state index contributed by atoms with van der Waals surface area (Å²) in [4.78, 5) is 0. The number of allylic oxidation sites excluding steroid dienone is 5. The van der Waals surface area contributed by atoms with E-state index in [1.54, 1.807) is 0 Å². The average molecular weight is 612 g/mol. The lowest BCUT2D eigenvalue weighted by Gasteiger charge is -2.28. The van der Waals surface area contributed by atoms with Gasteiger partial charge in [0.25, 0.3) is 0 Å². The van der Waals surface area contributed by atoms with Crippen LogP contribution in [-0.4, -0.2) is 11.6 Å². The largest absolute Gasteiger partial charge is 0.327 e. The van der Waals surface area contributed by atoms with Crippen LogP contribution in [0.1, 0.15) is 59.2 Å². The van der Waals surface area contributed by atoms with E-state index in [2.05, 4.69) is 157 Å². The zero-order valence-electron chi connectivity index (χ0n) is 27.5. The molecule has 0 radical (unpaired) electrons. The van der Waals surface area contributed by atoms with Gasteiger partial charge in [-0.05, 0) is 83.7 Å². The number of rotatable bonds is 7. The van der Waals surface area contributed by atoms with Gasteiger partial charge >= 0.3 is 0 Å². The van der Waals surface area contributed by atoms with Crippen LogP contribution >= 0.6 is 0 Å². The van der Waals surface area contributed by atoms with E-state index in [1.807, 2.05) is 7.05 Å². The molecule has 0 bridgehead atoms. The number of benzene rings is 5. The third-order valence-corrected chi connectivity index (χ3v) is 10.3. The predicted octanol–water partition coefficient (Wildman–Crippen LogP) is 10.3. The van der Waals surface area contributed by atoms with Crippen molar-refractivity contribution in [1.29, 1.82) is 0 Å². The Bertz CT molecular complexity index is 2170. The minimum atomic E-state index is -0.00767. The van der Waals surface area contributed by atoms with Gasteiger partial charge in [-0.2, -0.15) is 0 Å². The van der Waals surface area contributed by atoms with Crippen LogP contribution in [0.25, 0.3) is 44.1 Å². The zero-order valence-corrected chi connectivity index (χ0v) is 27.5. The third kappa shape index (κ3) is 4.85. The first-order chi connectivity index (χ1) is 23.2. The second-order valence-corrected chi connectivity index (χ2v) is 12.9. The van der Waals surface area contributed by atoms with Crippen LogP contribution in [0, 0.1) is 6.92 Å². The summed E-state index contributed by atoms with van der Waals surface area (Å²) in [6.45, 7) is 4.67. The smallest absolute Gasteiger partial charge is 0.0623 e. The highest BCUT2D eigenvalue weighted by Gasteiger charge is 2.33. The summed E-state index contributed by atoms with van der Waals surface area (Å²) in [5.41, 5.74) is 22.8. The lowest BCUT2D eigenvalue weighted by atomic mass is 9.83. The summed E-state index contributed by atoms with van der Waals surface area (Å²) >= 11 is 0. The van der Waals surface area contributed by atoms with E-state index in [1.165, 1.54) is 83.2 Å². The maximum atomic E-state index is 3.45. The lowest BCUT2D eigenvalue weighted by Crippen LogP contribution is -2.24. The van der Waals surface area contributed by atoms with Crippen LogP contribution < -0.4 is 10.9 Å². The van der Waals surface area contributed by atoms with Gasteiger partial charge in [0.2, 0.25) is 0 Å². The van der Waals surface area contributed by atoms with Crippen molar-refractivity contribution in [2.75, 3.05) is 7.05 Å². The number of hydrogen-bond donors (Lipinski definition) is 2. The Morgan fingerprint density at radius 1 is 0.723 bits per heavy atom. The van der Waals surface area contributed by atoms with E-state index in [-0.39, 0.29) is 5.92 Å². The highest BCUT2D eigenvalue weighted by molar-refractivity contribution is 6.21. The Balaban J connectivity index is 1.60.